The monoisotopic (exact) mass is 377 g/mol. The number of halogens is 1. The molecule has 0 fully saturated rings. The molecule has 0 aliphatic rings. The minimum absolute atomic E-state index is 0. The molecule has 0 heterocycles. The van der Waals surface area contributed by atoms with E-state index in [1.54, 1.807) is 26.0 Å². The Morgan fingerprint density at radius 1 is 1.00 bits per heavy atom. The lowest BCUT2D eigenvalue weighted by Crippen LogP contribution is -2.32. The highest BCUT2D eigenvalue weighted by Crippen LogP contribution is 2.16. The van der Waals surface area contributed by atoms with Crippen molar-refractivity contribution in [1.82, 2.24) is 14.9 Å². The predicted octanol–water partition coefficient (Wildman–Crippen LogP) is 1.87. The molecule has 0 saturated heterocycles. The topological polar surface area (TPSA) is 78.5 Å². The molecule has 0 saturated carbocycles. The van der Waals surface area contributed by atoms with Crippen molar-refractivity contribution in [3.05, 3.63) is 29.8 Å². The Kier molecular flexibility index (Phi) is 10.9. The van der Waals surface area contributed by atoms with E-state index in [1.165, 1.54) is 16.4 Å². The summed E-state index contributed by atoms with van der Waals surface area (Å²) in [6.07, 6.45) is 1.05. The summed E-state index contributed by atoms with van der Waals surface area (Å²) in [6, 6.07) is 6.06. The fourth-order valence-electron chi connectivity index (χ4n) is 2.16. The maximum absolute atomic E-state index is 12.4. The van der Waals surface area contributed by atoms with Gasteiger partial charge in [0.05, 0.1) is 4.90 Å². The van der Waals surface area contributed by atoms with E-state index in [9.17, 15) is 13.2 Å². The Balaban J connectivity index is 0.00000529. The minimum atomic E-state index is -3.48. The van der Waals surface area contributed by atoms with Gasteiger partial charge in [0.1, 0.15) is 0 Å². The van der Waals surface area contributed by atoms with Gasteiger partial charge in [-0.1, -0.05) is 20.8 Å². The second kappa shape index (κ2) is 11.4. The van der Waals surface area contributed by atoms with Crippen molar-refractivity contribution in [2.24, 2.45) is 0 Å². The van der Waals surface area contributed by atoms with Gasteiger partial charge in [0.2, 0.25) is 10.0 Å². The number of nitrogens with one attached hydrogen (secondary N) is 2. The van der Waals surface area contributed by atoms with E-state index >= 15 is 0 Å². The molecule has 138 valence electrons. The normalized spacial score (nSPS) is 11.2. The van der Waals surface area contributed by atoms with Crippen LogP contribution >= 0.6 is 12.4 Å². The summed E-state index contributed by atoms with van der Waals surface area (Å²) in [4.78, 5) is 12.2. The van der Waals surface area contributed by atoms with Gasteiger partial charge in [-0.2, -0.15) is 4.31 Å². The van der Waals surface area contributed by atoms with E-state index in [4.69, 9.17) is 0 Å². The molecule has 0 aliphatic heterocycles. The molecule has 0 aliphatic carbocycles. The second-order valence-corrected chi connectivity index (χ2v) is 7.06. The van der Waals surface area contributed by atoms with Gasteiger partial charge < -0.3 is 10.6 Å². The van der Waals surface area contributed by atoms with Crippen LogP contribution in [-0.2, 0) is 10.0 Å². The summed E-state index contributed by atoms with van der Waals surface area (Å²) in [7, 11) is -3.48. The Morgan fingerprint density at radius 3 is 2.08 bits per heavy atom. The van der Waals surface area contributed by atoms with E-state index in [1.807, 2.05) is 0 Å². The summed E-state index contributed by atoms with van der Waals surface area (Å²) >= 11 is 0. The smallest absolute Gasteiger partial charge is 0.251 e. The van der Waals surface area contributed by atoms with Gasteiger partial charge in [0.25, 0.3) is 5.91 Å². The molecule has 0 radical (unpaired) electrons. The number of carbonyl (C=O) groups excluding carboxylic acids is 1. The third-order valence-electron chi connectivity index (χ3n) is 3.47. The molecule has 8 heteroatoms. The van der Waals surface area contributed by atoms with Crippen LogP contribution in [-0.4, -0.2) is 51.4 Å². The third-order valence-corrected chi connectivity index (χ3v) is 5.54. The Hall–Kier alpha value is -1.15. The molecule has 0 aromatic heterocycles. The van der Waals surface area contributed by atoms with Crippen LogP contribution < -0.4 is 10.6 Å². The van der Waals surface area contributed by atoms with Crippen molar-refractivity contribution in [2.75, 3.05) is 32.7 Å². The highest BCUT2D eigenvalue weighted by atomic mass is 35.5. The SMILES string of the molecule is CCCNCCNC(=O)c1ccc(S(=O)(=O)N(CC)CC)cc1.Cl. The van der Waals surface area contributed by atoms with E-state index in [0.29, 0.717) is 31.7 Å². The second-order valence-electron chi connectivity index (χ2n) is 5.12. The van der Waals surface area contributed by atoms with Gasteiger partial charge in [0.15, 0.2) is 0 Å². The standard InChI is InChI=1S/C16H27N3O3S.ClH/c1-4-11-17-12-13-18-16(20)14-7-9-15(10-8-14)23(21,22)19(5-2)6-3;/h7-10,17H,4-6,11-13H2,1-3H3,(H,18,20);1H. The summed E-state index contributed by atoms with van der Waals surface area (Å²) in [6.45, 7) is 8.71. The molecule has 0 atom stereocenters. The number of hydrogen-bond acceptors (Lipinski definition) is 4. The van der Waals surface area contributed by atoms with E-state index in [0.717, 1.165) is 13.0 Å². The zero-order valence-corrected chi connectivity index (χ0v) is 16.2. The maximum atomic E-state index is 12.4. The van der Waals surface area contributed by atoms with Crippen LogP contribution in [0.5, 0.6) is 0 Å². The van der Waals surface area contributed by atoms with Gasteiger partial charge in [-0.3, -0.25) is 4.79 Å². The molecule has 1 amide bonds. The van der Waals surface area contributed by atoms with Crippen molar-refractivity contribution >= 4 is 28.3 Å². The van der Waals surface area contributed by atoms with E-state index in [2.05, 4.69) is 17.6 Å². The fourth-order valence-corrected chi connectivity index (χ4v) is 3.62. The zero-order valence-electron chi connectivity index (χ0n) is 14.5. The number of hydrogen-bond donors (Lipinski definition) is 2. The first-order chi connectivity index (χ1) is 11.0. The first-order valence-electron chi connectivity index (χ1n) is 8.06. The van der Waals surface area contributed by atoms with Crippen molar-refractivity contribution in [2.45, 2.75) is 32.1 Å². The molecular formula is C16H28ClN3O3S. The highest BCUT2D eigenvalue weighted by Gasteiger charge is 2.21. The number of amides is 1. The molecule has 0 bridgehead atoms. The van der Waals surface area contributed by atoms with Gasteiger partial charge in [-0.15, -0.1) is 12.4 Å². The lowest BCUT2D eigenvalue weighted by atomic mass is 10.2. The van der Waals surface area contributed by atoms with Gasteiger partial charge in [0, 0.05) is 31.7 Å². The molecule has 2 N–H and O–H groups in total. The van der Waals surface area contributed by atoms with Crippen molar-refractivity contribution < 1.29 is 13.2 Å². The number of benzene rings is 1. The van der Waals surface area contributed by atoms with Gasteiger partial charge >= 0.3 is 0 Å². The fraction of sp³-hybridized carbons (Fsp3) is 0.562. The average molecular weight is 378 g/mol. The van der Waals surface area contributed by atoms with Gasteiger partial charge in [-0.05, 0) is 37.2 Å². The van der Waals surface area contributed by atoms with Crippen LogP contribution in [0.2, 0.25) is 0 Å². The van der Waals surface area contributed by atoms with E-state index < -0.39 is 10.0 Å². The van der Waals surface area contributed by atoms with Crippen molar-refractivity contribution in [3.63, 3.8) is 0 Å². The molecule has 1 aromatic carbocycles. The number of sulfonamides is 1. The van der Waals surface area contributed by atoms with Crippen LogP contribution in [0.25, 0.3) is 0 Å². The van der Waals surface area contributed by atoms with Crippen LogP contribution in [0.3, 0.4) is 0 Å². The number of carbonyl (C=O) groups is 1. The third kappa shape index (κ3) is 6.39. The molecule has 0 spiro atoms. The molecule has 1 aromatic rings. The first-order valence-corrected chi connectivity index (χ1v) is 9.50. The summed E-state index contributed by atoms with van der Waals surface area (Å²) in [5.41, 5.74) is 0.457. The summed E-state index contributed by atoms with van der Waals surface area (Å²) < 4.78 is 26.1. The molecular weight excluding hydrogens is 350 g/mol. The van der Waals surface area contributed by atoms with Crippen LogP contribution in [0.4, 0.5) is 0 Å². The van der Waals surface area contributed by atoms with Crippen LogP contribution in [0, 0.1) is 0 Å². The van der Waals surface area contributed by atoms with Crippen molar-refractivity contribution in [1.29, 1.82) is 0 Å². The van der Waals surface area contributed by atoms with Crippen molar-refractivity contribution in [3.8, 4) is 0 Å². The zero-order chi connectivity index (χ0) is 17.3. The minimum Gasteiger partial charge on any atom is -0.351 e. The maximum Gasteiger partial charge on any atom is 0.251 e. The Morgan fingerprint density at radius 2 is 1.58 bits per heavy atom. The molecule has 1 rings (SSSR count). The predicted molar refractivity (Wildman–Crippen MR) is 99.3 cm³/mol. The Labute approximate surface area is 151 Å². The van der Waals surface area contributed by atoms with Gasteiger partial charge in [-0.25, -0.2) is 8.42 Å². The molecule has 6 nitrogen and oxygen atoms in total. The van der Waals surface area contributed by atoms with E-state index in [-0.39, 0.29) is 23.2 Å². The lowest BCUT2D eigenvalue weighted by molar-refractivity contribution is 0.0954. The van der Waals surface area contributed by atoms with Crippen LogP contribution in [0.1, 0.15) is 37.6 Å². The quantitative estimate of drug-likeness (QED) is 0.610. The Bertz CT molecular complexity index is 587. The van der Waals surface area contributed by atoms with Crippen LogP contribution in [0.15, 0.2) is 29.2 Å². The lowest BCUT2D eigenvalue weighted by Gasteiger charge is -2.18. The largest absolute Gasteiger partial charge is 0.351 e. The first kappa shape index (κ1) is 22.9. The number of nitrogens with zero attached hydrogens (tertiary/aromatic N) is 1. The molecule has 24 heavy (non-hydrogen) atoms. The average Bonchev–Trinajstić information content (AvgIpc) is 2.55. The highest BCUT2D eigenvalue weighted by molar-refractivity contribution is 7.89. The number of rotatable bonds is 10. The summed E-state index contributed by atoms with van der Waals surface area (Å²) in [5, 5.41) is 6.00. The summed E-state index contributed by atoms with van der Waals surface area (Å²) in [5.74, 6) is -0.199. The molecule has 0 unspecified atom stereocenters.